The monoisotopic (exact) mass is 328 g/mol. The molecule has 0 aliphatic heterocycles. The molecule has 0 saturated heterocycles. The molecule has 0 aromatic carbocycles. The van der Waals surface area contributed by atoms with E-state index in [1.807, 2.05) is 38.6 Å². The molecule has 0 N–H and O–H groups in total. The molecule has 0 spiro atoms. The average Bonchev–Trinajstić information content (AvgIpc) is 2.41. The molecule has 0 saturated carbocycles. The van der Waals surface area contributed by atoms with Gasteiger partial charge in [-0.3, -0.25) is 15.1 Å². The Balaban J connectivity index is 2.44. The van der Waals surface area contributed by atoms with Gasteiger partial charge in [-0.2, -0.15) is 0 Å². The molecule has 6 nitrogen and oxygen atoms in total. The zero-order chi connectivity index (χ0) is 15.7. The first-order valence-electron chi connectivity index (χ1n) is 6.44. The second-order valence-electron chi connectivity index (χ2n) is 4.52. The van der Waals surface area contributed by atoms with Gasteiger partial charge in [0.2, 0.25) is 0 Å². The van der Waals surface area contributed by atoms with Crippen LogP contribution in [-0.4, -0.2) is 59.0 Å². The fourth-order valence-corrected chi connectivity index (χ4v) is 2.76. The van der Waals surface area contributed by atoms with Gasteiger partial charge < -0.3 is 4.90 Å². The van der Waals surface area contributed by atoms with Crippen molar-refractivity contribution >= 4 is 28.6 Å². The minimum Gasteiger partial charge on any atom is -0.304 e. The van der Waals surface area contributed by atoms with Crippen LogP contribution in [0.5, 0.6) is 0 Å². The third-order valence-corrected chi connectivity index (χ3v) is 4.03. The number of rotatable bonds is 8. The van der Waals surface area contributed by atoms with Crippen LogP contribution in [0.3, 0.4) is 0 Å². The van der Waals surface area contributed by atoms with E-state index in [0.29, 0.717) is 11.6 Å². The molecule has 0 fully saturated rings. The summed E-state index contributed by atoms with van der Waals surface area (Å²) in [4.78, 5) is 21.0. The second-order valence-corrected chi connectivity index (χ2v) is 6.52. The number of aromatic nitrogens is 1. The minimum absolute atomic E-state index is 0.192. The lowest BCUT2D eigenvalue weighted by atomic mass is 10.3. The Morgan fingerprint density at radius 2 is 2.24 bits per heavy atom. The third kappa shape index (κ3) is 8.03. The van der Waals surface area contributed by atoms with Crippen LogP contribution in [-0.2, 0) is 6.54 Å². The Bertz CT molecular complexity index is 495. The maximum atomic E-state index is 10.4. The molecule has 21 heavy (non-hydrogen) atoms. The van der Waals surface area contributed by atoms with Crippen LogP contribution in [0.2, 0.25) is 0 Å². The van der Waals surface area contributed by atoms with Crippen LogP contribution >= 0.6 is 23.5 Å². The molecule has 0 aliphatic rings. The fourth-order valence-electron chi connectivity index (χ4n) is 1.56. The molecule has 0 bridgehead atoms. The molecule has 0 unspecified atom stereocenters. The van der Waals surface area contributed by atoms with Gasteiger partial charge in [0.05, 0.1) is 10.7 Å². The quantitative estimate of drug-likeness (QED) is 0.182. The number of aliphatic imine (C=N–C) groups is 1. The van der Waals surface area contributed by atoms with Gasteiger partial charge in [0.1, 0.15) is 5.04 Å². The molecule has 8 heteroatoms. The molecule has 0 aliphatic carbocycles. The van der Waals surface area contributed by atoms with Gasteiger partial charge in [0.25, 0.3) is 6.54 Å². The third-order valence-electron chi connectivity index (χ3n) is 2.39. The summed E-state index contributed by atoms with van der Waals surface area (Å²) in [6, 6.07) is 5.97. The molecule has 0 atom stereocenters. The minimum atomic E-state index is -0.352. The normalized spacial score (nSPS) is 11.9. The van der Waals surface area contributed by atoms with Crippen molar-refractivity contribution < 1.29 is 4.92 Å². The maximum absolute atomic E-state index is 10.4. The molecular formula is C13H20N4O2S2. The summed E-state index contributed by atoms with van der Waals surface area (Å²) in [6.45, 7) is 1.18. The van der Waals surface area contributed by atoms with Gasteiger partial charge in [-0.25, -0.2) is 4.98 Å². The van der Waals surface area contributed by atoms with Gasteiger partial charge in [-0.15, -0.1) is 23.5 Å². The zero-order valence-electron chi connectivity index (χ0n) is 12.5. The van der Waals surface area contributed by atoms with Crippen LogP contribution in [0.15, 0.2) is 28.2 Å². The van der Waals surface area contributed by atoms with E-state index in [2.05, 4.69) is 14.9 Å². The van der Waals surface area contributed by atoms with Crippen molar-refractivity contribution in [3.63, 3.8) is 0 Å². The van der Waals surface area contributed by atoms with E-state index in [4.69, 9.17) is 0 Å². The van der Waals surface area contributed by atoms with E-state index < -0.39 is 0 Å². The fraction of sp³-hybridized carbons (Fsp3) is 0.538. The first kappa shape index (κ1) is 17.9. The van der Waals surface area contributed by atoms with Crippen molar-refractivity contribution in [3.8, 4) is 0 Å². The van der Waals surface area contributed by atoms with E-state index in [9.17, 15) is 10.1 Å². The van der Waals surface area contributed by atoms with Crippen LogP contribution in [0.1, 0.15) is 5.69 Å². The van der Waals surface area contributed by atoms with E-state index in [1.165, 1.54) is 11.8 Å². The van der Waals surface area contributed by atoms with Crippen molar-refractivity contribution in [1.82, 2.24) is 9.88 Å². The molecule has 1 rings (SSSR count). The van der Waals surface area contributed by atoms with E-state index in [1.54, 1.807) is 11.8 Å². The lowest BCUT2D eigenvalue weighted by Crippen LogP contribution is -2.12. The van der Waals surface area contributed by atoms with Crippen LogP contribution in [0.25, 0.3) is 0 Å². The smallest absolute Gasteiger partial charge is 0.250 e. The molecule has 1 heterocycles. The number of hydrogen-bond acceptors (Lipinski definition) is 7. The standard InChI is InChI=1S/C13H20N4O2S2/c1-16(2)9-11-5-4-6-12(15-11)21-8-7-14-13(20-3)10-17(18)19/h4-6H,7-10H2,1-3H3. The maximum Gasteiger partial charge on any atom is 0.250 e. The van der Waals surface area contributed by atoms with Crippen LogP contribution in [0.4, 0.5) is 0 Å². The topological polar surface area (TPSA) is 71.6 Å². The molecule has 1 aromatic rings. The highest BCUT2D eigenvalue weighted by Gasteiger charge is 2.05. The largest absolute Gasteiger partial charge is 0.304 e. The Morgan fingerprint density at radius 1 is 1.48 bits per heavy atom. The average molecular weight is 328 g/mol. The SMILES string of the molecule is CSC(C[N+](=O)[O-])=NCCSc1cccc(CN(C)C)n1. The van der Waals surface area contributed by atoms with Gasteiger partial charge in [0, 0.05) is 23.8 Å². The Kier molecular flexibility index (Phi) is 8.33. The van der Waals surface area contributed by atoms with Crippen molar-refractivity contribution in [2.24, 2.45) is 4.99 Å². The summed E-state index contributed by atoms with van der Waals surface area (Å²) in [5.41, 5.74) is 1.03. The van der Waals surface area contributed by atoms with Crippen LogP contribution in [0, 0.1) is 10.1 Å². The van der Waals surface area contributed by atoms with Gasteiger partial charge >= 0.3 is 0 Å². The summed E-state index contributed by atoms with van der Waals surface area (Å²) in [5, 5.41) is 12.0. The summed E-state index contributed by atoms with van der Waals surface area (Å²) in [7, 11) is 4.02. The first-order chi connectivity index (χ1) is 10.0. The van der Waals surface area contributed by atoms with E-state index in [0.717, 1.165) is 23.0 Å². The van der Waals surface area contributed by atoms with Crippen molar-refractivity contribution in [2.75, 3.05) is 39.2 Å². The van der Waals surface area contributed by atoms with Gasteiger partial charge in [0.15, 0.2) is 0 Å². The van der Waals surface area contributed by atoms with Crippen molar-refractivity contribution in [1.29, 1.82) is 0 Å². The Labute approximate surface area is 133 Å². The van der Waals surface area contributed by atoms with Gasteiger partial charge in [-0.05, 0) is 32.5 Å². The lowest BCUT2D eigenvalue weighted by Gasteiger charge is -2.09. The highest BCUT2D eigenvalue weighted by molar-refractivity contribution is 8.13. The van der Waals surface area contributed by atoms with Crippen molar-refractivity contribution in [2.45, 2.75) is 11.6 Å². The van der Waals surface area contributed by atoms with Crippen LogP contribution < -0.4 is 0 Å². The number of hydrogen-bond donors (Lipinski definition) is 0. The molecule has 116 valence electrons. The lowest BCUT2D eigenvalue weighted by molar-refractivity contribution is -0.462. The number of thioether (sulfide) groups is 2. The highest BCUT2D eigenvalue weighted by Crippen LogP contribution is 2.16. The molecule has 0 amide bonds. The predicted octanol–water partition coefficient (Wildman–Crippen LogP) is 2.27. The van der Waals surface area contributed by atoms with E-state index in [-0.39, 0.29) is 11.5 Å². The summed E-state index contributed by atoms with van der Waals surface area (Å²) in [5.74, 6) is 0.764. The van der Waals surface area contributed by atoms with E-state index >= 15 is 0 Å². The Morgan fingerprint density at radius 3 is 2.86 bits per heavy atom. The first-order valence-corrected chi connectivity index (χ1v) is 8.65. The number of pyridine rings is 1. The molecule has 1 aromatic heterocycles. The molecular weight excluding hydrogens is 308 g/mol. The Hall–Kier alpha value is -1.12. The molecule has 0 radical (unpaired) electrons. The summed E-state index contributed by atoms with van der Waals surface area (Å²) in [6.07, 6.45) is 1.81. The van der Waals surface area contributed by atoms with Crippen molar-refractivity contribution in [3.05, 3.63) is 34.0 Å². The van der Waals surface area contributed by atoms with Gasteiger partial charge in [-0.1, -0.05) is 6.07 Å². The predicted molar refractivity (Wildman–Crippen MR) is 90.0 cm³/mol. The number of nitro groups is 1. The number of nitrogens with zero attached hydrogens (tertiary/aromatic N) is 4. The highest BCUT2D eigenvalue weighted by atomic mass is 32.2. The summed E-state index contributed by atoms with van der Waals surface area (Å²) < 4.78 is 0. The zero-order valence-corrected chi connectivity index (χ0v) is 14.1. The summed E-state index contributed by atoms with van der Waals surface area (Å²) >= 11 is 2.95. The second kappa shape index (κ2) is 9.75.